The van der Waals surface area contributed by atoms with Gasteiger partial charge in [-0.15, -0.1) is 11.3 Å². The van der Waals surface area contributed by atoms with Crippen molar-refractivity contribution < 1.29 is 14.6 Å². The van der Waals surface area contributed by atoms with Gasteiger partial charge in [0.15, 0.2) is 0 Å². The van der Waals surface area contributed by atoms with Crippen LogP contribution < -0.4 is 4.74 Å². The van der Waals surface area contributed by atoms with Crippen LogP contribution in [0.4, 0.5) is 0 Å². The molecule has 1 N–H and O–H groups in total. The van der Waals surface area contributed by atoms with E-state index in [1.165, 1.54) is 4.88 Å². The van der Waals surface area contributed by atoms with Crippen LogP contribution in [0.15, 0.2) is 41.8 Å². The van der Waals surface area contributed by atoms with E-state index in [0.29, 0.717) is 13.2 Å². The van der Waals surface area contributed by atoms with Crippen LogP contribution in [0.25, 0.3) is 0 Å². The molecule has 2 heterocycles. The minimum absolute atomic E-state index is 0.309. The second-order valence-electron chi connectivity index (χ2n) is 7.00. The van der Waals surface area contributed by atoms with E-state index in [9.17, 15) is 5.11 Å². The van der Waals surface area contributed by atoms with Gasteiger partial charge in [0.1, 0.15) is 18.5 Å². The molecular formula is C21H30N2O3S. The highest BCUT2D eigenvalue weighted by molar-refractivity contribution is 7.09. The Balaban J connectivity index is 1.50. The van der Waals surface area contributed by atoms with Gasteiger partial charge in [0, 0.05) is 44.1 Å². The molecule has 0 spiro atoms. The highest BCUT2D eigenvalue weighted by atomic mass is 32.1. The third-order valence-corrected chi connectivity index (χ3v) is 5.65. The summed E-state index contributed by atoms with van der Waals surface area (Å²) in [5.74, 6) is 0.842. The first kappa shape index (κ1) is 20.3. The molecule has 5 nitrogen and oxygen atoms in total. The number of aliphatic hydroxyl groups is 1. The first-order valence-corrected chi connectivity index (χ1v) is 10.5. The van der Waals surface area contributed by atoms with Crippen molar-refractivity contribution in [3.8, 4) is 5.75 Å². The second-order valence-corrected chi connectivity index (χ2v) is 8.03. The molecular weight excluding hydrogens is 360 g/mol. The predicted molar refractivity (Wildman–Crippen MR) is 110 cm³/mol. The van der Waals surface area contributed by atoms with E-state index >= 15 is 0 Å². The van der Waals surface area contributed by atoms with E-state index in [0.717, 1.165) is 57.3 Å². The summed E-state index contributed by atoms with van der Waals surface area (Å²) >= 11 is 1.76. The minimum atomic E-state index is -0.519. The average Bonchev–Trinajstić information content (AvgIpc) is 3.19. The van der Waals surface area contributed by atoms with Crippen LogP contribution in [0.3, 0.4) is 0 Å². The Labute approximate surface area is 166 Å². The summed E-state index contributed by atoms with van der Waals surface area (Å²) in [7, 11) is 0. The minimum Gasteiger partial charge on any atom is -0.491 e. The first-order chi connectivity index (χ1) is 13.2. The number of benzene rings is 1. The van der Waals surface area contributed by atoms with Gasteiger partial charge < -0.3 is 14.6 Å². The number of ether oxygens (including phenoxy) is 2. The topological polar surface area (TPSA) is 45.2 Å². The number of hydrogen-bond acceptors (Lipinski definition) is 6. The maximum atomic E-state index is 10.5. The molecule has 6 heteroatoms. The summed E-state index contributed by atoms with van der Waals surface area (Å²) in [6.45, 7) is 9.35. The smallest absolute Gasteiger partial charge is 0.122 e. The highest BCUT2D eigenvalue weighted by Crippen LogP contribution is 2.17. The van der Waals surface area contributed by atoms with Crippen molar-refractivity contribution in [1.29, 1.82) is 0 Å². The number of nitrogens with zero attached hydrogens (tertiary/aromatic N) is 2. The van der Waals surface area contributed by atoms with Gasteiger partial charge in [-0.1, -0.05) is 24.3 Å². The van der Waals surface area contributed by atoms with E-state index in [1.54, 1.807) is 11.3 Å². The zero-order valence-corrected chi connectivity index (χ0v) is 16.9. The van der Waals surface area contributed by atoms with Crippen LogP contribution in [0.1, 0.15) is 10.4 Å². The second kappa shape index (κ2) is 10.8. The van der Waals surface area contributed by atoms with Crippen LogP contribution in [0.2, 0.25) is 0 Å². The fourth-order valence-corrected chi connectivity index (χ4v) is 3.97. The summed E-state index contributed by atoms with van der Waals surface area (Å²) in [5, 5.41) is 12.6. The lowest BCUT2D eigenvalue weighted by Gasteiger charge is -2.30. The van der Waals surface area contributed by atoms with Crippen LogP contribution in [0, 0.1) is 6.92 Å². The number of morpholine rings is 1. The van der Waals surface area contributed by atoms with Crippen molar-refractivity contribution in [3.05, 3.63) is 52.2 Å². The maximum absolute atomic E-state index is 10.5. The number of para-hydroxylation sites is 1. The number of rotatable bonds is 10. The van der Waals surface area contributed by atoms with Gasteiger partial charge in [-0.2, -0.15) is 0 Å². The van der Waals surface area contributed by atoms with Crippen LogP contribution in [-0.4, -0.2) is 73.6 Å². The number of thiophene rings is 1. The van der Waals surface area contributed by atoms with Gasteiger partial charge in [0.2, 0.25) is 0 Å². The molecule has 0 radical (unpaired) electrons. The molecule has 0 aliphatic carbocycles. The van der Waals surface area contributed by atoms with Crippen molar-refractivity contribution in [1.82, 2.24) is 9.80 Å². The fourth-order valence-electron chi connectivity index (χ4n) is 3.22. The summed E-state index contributed by atoms with van der Waals surface area (Å²) in [6.07, 6.45) is -0.519. The van der Waals surface area contributed by atoms with E-state index < -0.39 is 6.10 Å². The van der Waals surface area contributed by atoms with Gasteiger partial charge in [0.25, 0.3) is 0 Å². The molecule has 1 aliphatic rings. The number of aryl methyl sites for hydroxylation is 1. The van der Waals surface area contributed by atoms with Gasteiger partial charge in [0.05, 0.1) is 13.2 Å². The molecule has 148 valence electrons. The zero-order valence-electron chi connectivity index (χ0n) is 16.0. The zero-order chi connectivity index (χ0) is 18.9. The third kappa shape index (κ3) is 6.90. The molecule has 1 fully saturated rings. The van der Waals surface area contributed by atoms with E-state index in [2.05, 4.69) is 27.3 Å². The Morgan fingerprint density at radius 3 is 2.78 bits per heavy atom. The summed E-state index contributed by atoms with van der Waals surface area (Å²) in [5.41, 5.74) is 1.09. The molecule has 27 heavy (non-hydrogen) atoms. The standard InChI is InChI=1S/C21H30N2O3S/c1-18-5-2-3-7-21(18)26-17-19(24)15-23(16-20-6-4-14-27-20)9-8-22-10-12-25-13-11-22/h2-7,14,19,24H,8-13,15-17H2,1H3. The molecule has 1 saturated heterocycles. The van der Waals surface area contributed by atoms with Crippen molar-refractivity contribution in [2.45, 2.75) is 19.6 Å². The van der Waals surface area contributed by atoms with Crippen molar-refractivity contribution in [2.75, 3.05) is 52.5 Å². The highest BCUT2D eigenvalue weighted by Gasteiger charge is 2.17. The normalized spacial score (nSPS) is 16.6. The average molecular weight is 391 g/mol. The molecule has 3 rings (SSSR count). The van der Waals surface area contributed by atoms with E-state index in [1.807, 2.05) is 31.2 Å². The summed E-state index contributed by atoms with van der Waals surface area (Å²) in [6, 6.07) is 12.2. The summed E-state index contributed by atoms with van der Waals surface area (Å²) < 4.78 is 11.3. The lowest BCUT2D eigenvalue weighted by atomic mass is 10.2. The molecule has 1 aromatic heterocycles. The molecule has 0 bridgehead atoms. The Bertz CT molecular complexity index is 659. The Hall–Kier alpha value is -1.44. The molecule has 2 aromatic rings. The predicted octanol–water partition coefficient (Wildman–Crippen LogP) is 2.63. The van der Waals surface area contributed by atoms with Crippen LogP contribution in [-0.2, 0) is 11.3 Å². The largest absolute Gasteiger partial charge is 0.491 e. The molecule has 1 aromatic carbocycles. The molecule has 1 atom stereocenters. The quantitative estimate of drug-likeness (QED) is 0.676. The summed E-state index contributed by atoms with van der Waals surface area (Å²) in [4.78, 5) is 6.08. The van der Waals surface area contributed by atoms with Gasteiger partial charge >= 0.3 is 0 Å². The monoisotopic (exact) mass is 390 g/mol. The maximum Gasteiger partial charge on any atom is 0.122 e. The lowest BCUT2D eigenvalue weighted by Crippen LogP contribution is -2.43. The number of aliphatic hydroxyl groups excluding tert-OH is 1. The van der Waals surface area contributed by atoms with Gasteiger partial charge in [-0.3, -0.25) is 9.80 Å². The van der Waals surface area contributed by atoms with E-state index in [-0.39, 0.29) is 0 Å². The van der Waals surface area contributed by atoms with Gasteiger partial charge in [-0.25, -0.2) is 0 Å². The molecule has 0 saturated carbocycles. The Kier molecular flexibility index (Phi) is 8.10. The fraction of sp³-hybridized carbons (Fsp3) is 0.524. The van der Waals surface area contributed by atoms with Crippen LogP contribution >= 0.6 is 11.3 Å². The van der Waals surface area contributed by atoms with Gasteiger partial charge in [-0.05, 0) is 30.0 Å². The third-order valence-electron chi connectivity index (χ3n) is 4.79. The SMILES string of the molecule is Cc1ccccc1OCC(O)CN(CCN1CCOCC1)Cc1cccs1. The van der Waals surface area contributed by atoms with Crippen LogP contribution in [0.5, 0.6) is 5.75 Å². The van der Waals surface area contributed by atoms with Crippen molar-refractivity contribution in [3.63, 3.8) is 0 Å². The molecule has 0 amide bonds. The number of hydrogen-bond donors (Lipinski definition) is 1. The molecule has 1 aliphatic heterocycles. The molecule has 1 unspecified atom stereocenters. The van der Waals surface area contributed by atoms with Crippen molar-refractivity contribution >= 4 is 11.3 Å². The van der Waals surface area contributed by atoms with E-state index in [4.69, 9.17) is 9.47 Å². The van der Waals surface area contributed by atoms with Crippen molar-refractivity contribution in [2.24, 2.45) is 0 Å². The lowest BCUT2D eigenvalue weighted by molar-refractivity contribution is 0.0257. The Morgan fingerprint density at radius 1 is 1.22 bits per heavy atom. The first-order valence-electron chi connectivity index (χ1n) is 9.62. The Morgan fingerprint density at radius 2 is 2.04 bits per heavy atom.